The number of nitrogens with one attached hydrogen (secondary N) is 2. The van der Waals surface area contributed by atoms with Crippen molar-refractivity contribution in [2.75, 3.05) is 13.1 Å². The van der Waals surface area contributed by atoms with E-state index in [4.69, 9.17) is 4.42 Å². The van der Waals surface area contributed by atoms with Crippen LogP contribution >= 0.6 is 0 Å². The molecule has 1 aromatic rings. The summed E-state index contributed by atoms with van der Waals surface area (Å²) in [5.74, 6) is 2.12. The molecule has 0 bridgehead atoms. The van der Waals surface area contributed by atoms with Crippen LogP contribution in [0.3, 0.4) is 0 Å². The Morgan fingerprint density at radius 1 is 1.25 bits per heavy atom. The molecule has 0 unspecified atom stereocenters. The summed E-state index contributed by atoms with van der Waals surface area (Å²) in [5, 5.41) is 6.90. The van der Waals surface area contributed by atoms with Crippen LogP contribution < -0.4 is 10.6 Å². The molecule has 1 fully saturated rings. The minimum atomic E-state index is 0.831. The predicted molar refractivity (Wildman–Crippen MR) is 65.4 cm³/mol. The first-order chi connectivity index (χ1) is 7.88. The zero-order valence-corrected chi connectivity index (χ0v) is 10.1. The van der Waals surface area contributed by atoms with E-state index in [9.17, 15) is 0 Å². The van der Waals surface area contributed by atoms with Gasteiger partial charge < -0.3 is 15.1 Å². The van der Waals surface area contributed by atoms with Crippen LogP contribution in [-0.4, -0.2) is 19.1 Å². The van der Waals surface area contributed by atoms with Crippen molar-refractivity contribution < 1.29 is 4.42 Å². The molecule has 1 saturated carbocycles. The lowest BCUT2D eigenvalue weighted by atomic mass is 10.3. The van der Waals surface area contributed by atoms with Gasteiger partial charge >= 0.3 is 0 Å². The van der Waals surface area contributed by atoms with Gasteiger partial charge in [-0.05, 0) is 44.5 Å². The standard InChI is InChI=1S/C13H22N2O/c1-2-12-6-7-13(16-12)10-14-8-3-9-15-11-4-5-11/h6-7,11,14-15H,2-5,8-10H2,1H3. The van der Waals surface area contributed by atoms with Crippen molar-refractivity contribution in [1.29, 1.82) is 0 Å². The van der Waals surface area contributed by atoms with E-state index in [1.54, 1.807) is 0 Å². The molecule has 0 radical (unpaired) electrons. The number of hydrogen-bond donors (Lipinski definition) is 2. The van der Waals surface area contributed by atoms with Crippen LogP contribution in [0, 0.1) is 0 Å². The van der Waals surface area contributed by atoms with Gasteiger partial charge in [0, 0.05) is 12.5 Å². The van der Waals surface area contributed by atoms with Gasteiger partial charge in [-0.25, -0.2) is 0 Å². The number of aryl methyl sites for hydroxylation is 1. The molecule has 0 aliphatic heterocycles. The monoisotopic (exact) mass is 222 g/mol. The fraction of sp³-hybridized carbons (Fsp3) is 0.692. The Morgan fingerprint density at radius 3 is 2.75 bits per heavy atom. The molecule has 2 N–H and O–H groups in total. The van der Waals surface area contributed by atoms with Crippen molar-refractivity contribution in [2.24, 2.45) is 0 Å². The second-order valence-corrected chi connectivity index (χ2v) is 4.48. The molecule has 0 saturated heterocycles. The Labute approximate surface area is 97.6 Å². The van der Waals surface area contributed by atoms with Crippen LogP contribution in [-0.2, 0) is 13.0 Å². The predicted octanol–water partition coefficient (Wildman–Crippen LogP) is 2.07. The lowest BCUT2D eigenvalue weighted by Gasteiger charge is -2.03. The van der Waals surface area contributed by atoms with Gasteiger partial charge in [0.25, 0.3) is 0 Å². The van der Waals surface area contributed by atoms with Crippen LogP contribution in [0.2, 0.25) is 0 Å². The Hall–Kier alpha value is -0.800. The maximum absolute atomic E-state index is 5.61. The number of rotatable bonds is 8. The van der Waals surface area contributed by atoms with Crippen molar-refractivity contribution in [3.05, 3.63) is 23.7 Å². The first-order valence-corrected chi connectivity index (χ1v) is 6.40. The molecule has 1 aliphatic rings. The Balaban J connectivity index is 1.49. The lowest BCUT2D eigenvalue weighted by Crippen LogP contribution is -2.22. The van der Waals surface area contributed by atoms with E-state index in [0.717, 1.165) is 43.6 Å². The van der Waals surface area contributed by atoms with Crippen LogP contribution in [0.4, 0.5) is 0 Å². The molecular formula is C13H22N2O. The van der Waals surface area contributed by atoms with Crippen molar-refractivity contribution in [2.45, 2.75) is 45.2 Å². The van der Waals surface area contributed by atoms with Gasteiger partial charge in [0.15, 0.2) is 0 Å². The molecule has 0 atom stereocenters. The quantitative estimate of drug-likeness (QED) is 0.661. The highest BCUT2D eigenvalue weighted by atomic mass is 16.3. The smallest absolute Gasteiger partial charge is 0.117 e. The molecule has 3 nitrogen and oxygen atoms in total. The van der Waals surface area contributed by atoms with Gasteiger partial charge in [0.2, 0.25) is 0 Å². The summed E-state index contributed by atoms with van der Waals surface area (Å²) in [4.78, 5) is 0. The molecule has 16 heavy (non-hydrogen) atoms. The summed E-state index contributed by atoms with van der Waals surface area (Å²) >= 11 is 0. The molecule has 0 spiro atoms. The molecule has 0 aromatic carbocycles. The van der Waals surface area contributed by atoms with Gasteiger partial charge in [0.05, 0.1) is 6.54 Å². The minimum Gasteiger partial charge on any atom is -0.465 e. The summed E-state index contributed by atoms with van der Waals surface area (Å²) in [7, 11) is 0. The molecule has 1 aliphatic carbocycles. The molecule has 0 amide bonds. The zero-order chi connectivity index (χ0) is 11.2. The number of hydrogen-bond acceptors (Lipinski definition) is 3. The van der Waals surface area contributed by atoms with Gasteiger partial charge in [-0.3, -0.25) is 0 Å². The first-order valence-electron chi connectivity index (χ1n) is 6.40. The van der Waals surface area contributed by atoms with E-state index in [0.29, 0.717) is 0 Å². The van der Waals surface area contributed by atoms with E-state index in [1.807, 2.05) is 0 Å². The van der Waals surface area contributed by atoms with Crippen molar-refractivity contribution in [1.82, 2.24) is 10.6 Å². The highest BCUT2D eigenvalue weighted by molar-refractivity contribution is 5.06. The summed E-state index contributed by atoms with van der Waals surface area (Å²) in [6, 6.07) is 4.96. The van der Waals surface area contributed by atoms with E-state index < -0.39 is 0 Å². The summed E-state index contributed by atoms with van der Waals surface area (Å²) < 4.78 is 5.61. The van der Waals surface area contributed by atoms with Crippen LogP contribution in [0.1, 0.15) is 37.7 Å². The maximum atomic E-state index is 5.61. The second kappa shape index (κ2) is 6.06. The summed E-state index contributed by atoms with van der Waals surface area (Å²) in [6.45, 7) is 5.15. The topological polar surface area (TPSA) is 37.2 Å². The second-order valence-electron chi connectivity index (χ2n) is 4.48. The van der Waals surface area contributed by atoms with Gasteiger partial charge in [-0.15, -0.1) is 0 Å². The maximum Gasteiger partial charge on any atom is 0.117 e. The Kier molecular flexibility index (Phi) is 4.43. The van der Waals surface area contributed by atoms with Crippen molar-refractivity contribution in [3.8, 4) is 0 Å². The fourth-order valence-corrected chi connectivity index (χ4v) is 1.73. The van der Waals surface area contributed by atoms with Gasteiger partial charge in [-0.2, -0.15) is 0 Å². The third-order valence-electron chi connectivity index (χ3n) is 2.91. The highest BCUT2D eigenvalue weighted by Gasteiger charge is 2.19. The Bertz CT molecular complexity index is 305. The van der Waals surface area contributed by atoms with Gasteiger partial charge in [0.1, 0.15) is 11.5 Å². The minimum absolute atomic E-state index is 0.831. The highest BCUT2D eigenvalue weighted by Crippen LogP contribution is 2.18. The third kappa shape index (κ3) is 3.99. The van der Waals surface area contributed by atoms with E-state index in [1.165, 1.54) is 19.3 Å². The van der Waals surface area contributed by atoms with Crippen LogP contribution in [0.25, 0.3) is 0 Å². The summed E-state index contributed by atoms with van der Waals surface area (Å²) in [6.07, 6.45) is 4.92. The summed E-state index contributed by atoms with van der Waals surface area (Å²) in [5.41, 5.74) is 0. The molecular weight excluding hydrogens is 200 g/mol. The van der Waals surface area contributed by atoms with Gasteiger partial charge in [-0.1, -0.05) is 6.92 Å². The number of furan rings is 1. The first kappa shape index (κ1) is 11.7. The van der Waals surface area contributed by atoms with Crippen molar-refractivity contribution >= 4 is 0 Å². The zero-order valence-electron chi connectivity index (χ0n) is 10.1. The van der Waals surface area contributed by atoms with Crippen molar-refractivity contribution in [3.63, 3.8) is 0 Å². The molecule has 2 rings (SSSR count). The Morgan fingerprint density at radius 2 is 2.06 bits per heavy atom. The fourth-order valence-electron chi connectivity index (χ4n) is 1.73. The molecule has 1 aromatic heterocycles. The molecule has 1 heterocycles. The largest absolute Gasteiger partial charge is 0.465 e. The van der Waals surface area contributed by atoms with E-state index in [2.05, 4.69) is 29.7 Å². The normalized spacial score (nSPS) is 15.6. The average molecular weight is 222 g/mol. The SMILES string of the molecule is CCc1ccc(CNCCCNC2CC2)o1. The molecule has 3 heteroatoms. The third-order valence-corrected chi connectivity index (χ3v) is 2.91. The van der Waals surface area contributed by atoms with E-state index >= 15 is 0 Å². The van der Waals surface area contributed by atoms with Crippen LogP contribution in [0.15, 0.2) is 16.5 Å². The molecule has 90 valence electrons. The lowest BCUT2D eigenvalue weighted by molar-refractivity contribution is 0.448. The average Bonchev–Trinajstić information content (AvgIpc) is 3.01. The van der Waals surface area contributed by atoms with E-state index in [-0.39, 0.29) is 0 Å². The van der Waals surface area contributed by atoms with Crippen LogP contribution in [0.5, 0.6) is 0 Å².